The third kappa shape index (κ3) is 1.31. The maximum atomic E-state index is 11.8. The van der Waals surface area contributed by atoms with E-state index >= 15 is 0 Å². The van der Waals surface area contributed by atoms with Crippen LogP contribution in [0.1, 0.15) is 19.8 Å². The van der Waals surface area contributed by atoms with Gasteiger partial charge in [0, 0.05) is 24.9 Å². The molecule has 0 aromatic heterocycles. The zero-order valence-corrected chi connectivity index (χ0v) is 9.06. The monoisotopic (exact) mass is 210 g/mol. The zero-order valence-electron chi connectivity index (χ0n) is 9.06. The first-order valence-corrected chi connectivity index (χ1v) is 5.86. The van der Waals surface area contributed by atoms with E-state index < -0.39 is 0 Å². The van der Waals surface area contributed by atoms with Crippen LogP contribution in [-0.4, -0.2) is 42.1 Å². The molecule has 0 aromatic rings. The molecule has 2 bridgehead atoms. The predicted molar refractivity (Wildman–Crippen MR) is 55.1 cm³/mol. The van der Waals surface area contributed by atoms with Crippen LogP contribution in [0.2, 0.25) is 0 Å². The van der Waals surface area contributed by atoms with Crippen LogP contribution < -0.4 is 5.73 Å². The fourth-order valence-corrected chi connectivity index (χ4v) is 3.43. The summed E-state index contributed by atoms with van der Waals surface area (Å²) in [5, 5.41) is 0. The van der Waals surface area contributed by atoms with Gasteiger partial charge in [-0.1, -0.05) is 0 Å². The smallest absolute Gasteiger partial charge is 0.239 e. The van der Waals surface area contributed by atoms with Crippen molar-refractivity contribution in [2.45, 2.75) is 38.0 Å². The lowest BCUT2D eigenvalue weighted by Gasteiger charge is -2.20. The van der Waals surface area contributed by atoms with Gasteiger partial charge in [0.05, 0.1) is 18.2 Å². The van der Waals surface area contributed by atoms with Gasteiger partial charge in [0.2, 0.25) is 5.91 Å². The summed E-state index contributed by atoms with van der Waals surface area (Å²) >= 11 is 0. The molecule has 2 N–H and O–H groups in total. The highest BCUT2D eigenvalue weighted by Crippen LogP contribution is 2.47. The van der Waals surface area contributed by atoms with Crippen molar-refractivity contribution in [1.29, 1.82) is 0 Å². The van der Waals surface area contributed by atoms with E-state index in [2.05, 4.69) is 0 Å². The van der Waals surface area contributed by atoms with Gasteiger partial charge >= 0.3 is 0 Å². The molecule has 0 aliphatic carbocycles. The second-order valence-electron chi connectivity index (χ2n) is 5.15. The van der Waals surface area contributed by atoms with Crippen LogP contribution in [0.25, 0.3) is 0 Å². The molecule has 1 amide bonds. The summed E-state index contributed by atoms with van der Waals surface area (Å²) in [4.78, 5) is 13.7. The summed E-state index contributed by atoms with van der Waals surface area (Å²) in [5.74, 6) is 1.28. The summed E-state index contributed by atoms with van der Waals surface area (Å²) in [6.45, 7) is 3.50. The first kappa shape index (κ1) is 9.60. The van der Waals surface area contributed by atoms with E-state index in [1.807, 2.05) is 4.90 Å². The number of hydrogen-bond donors (Lipinski definition) is 1. The first-order valence-electron chi connectivity index (χ1n) is 5.86. The molecule has 0 aromatic carbocycles. The lowest BCUT2D eigenvalue weighted by molar-refractivity contribution is -0.131. The van der Waals surface area contributed by atoms with E-state index in [0.717, 1.165) is 13.1 Å². The molecule has 5 atom stereocenters. The summed E-state index contributed by atoms with van der Waals surface area (Å²) < 4.78 is 5.86. The van der Waals surface area contributed by atoms with Crippen molar-refractivity contribution in [3.05, 3.63) is 0 Å². The maximum absolute atomic E-state index is 11.8. The number of likely N-dealkylation sites (tertiary alicyclic amines) is 1. The fraction of sp³-hybridized carbons (Fsp3) is 0.909. The standard InChI is InChI=1S/C11H18N2O2/c1-6(12)11(14)13-4-7-8(5-13)10-3-2-9(7)15-10/h6-10H,2-5,12H2,1H3/t6-,7?,8?,9?,10?/m1/s1. The Kier molecular flexibility index (Phi) is 2.04. The molecule has 3 saturated heterocycles. The molecule has 3 heterocycles. The van der Waals surface area contributed by atoms with Gasteiger partial charge in [-0.2, -0.15) is 0 Å². The van der Waals surface area contributed by atoms with Crippen LogP contribution in [-0.2, 0) is 9.53 Å². The average Bonchev–Trinajstić information content (AvgIpc) is 2.87. The van der Waals surface area contributed by atoms with Gasteiger partial charge in [0.15, 0.2) is 0 Å². The molecule has 0 spiro atoms. The van der Waals surface area contributed by atoms with Gasteiger partial charge in [-0.3, -0.25) is 4.79 Å². The quantitative estimate of drug-likeness (QED) is 0.661. The lowest BCUT2D eigenvalue weighted by atomic mass is 9.82. The number of carbonyl (C=O) groups is 1. The summed E-state index contributed by atoms with van der Waals surface area (Å²) in [5.41, 5.74) is 5.63. The molecule has 84 valence electrons. The van der Waals surface area contributed by atoms with Gasteiger partial charge in [-0.15, -0.1) is 0 Å². The Bertz CT molecular complexity index is 274. The number of fused-ring (bicyclic) bond motifs is 5. The van der Waals surface area contributed by atoms with Gasteiger partial charge in [0.1, 0.15) is 0 Å². The summed E-state index contributed by atoms with van der Waals surface area (Å²) in [7, 11) is 0. The molecular weight excluding hydrogens is 192 g/mol. The van der Waals surface area contributed by atoms with Crippen LogP contribution in [0.15, 0.2) is 0 Å². The number of nitrogens with two attached hydrogens (primary N) is 1. The van der Waals surface area contributed by atoms with E-state index in [0.29, 0.717) is 24.0 Å². The molecule has 3 rings (SSSR count). The van der Waals surface area contributed by atoms with E-state index in [1.54, 1.807) is 6.92 Å². The van der Waals surface area contributed by atoms with E-state index in [9.17, 15) is 4.79 Å². The maximum Gasteiger partial charge on any atom is 0.239 e. The lowest BCUT2D eigenvalue weighted by Crippen LogP contribution is -2.41. The largest absolute Gasteiger partial charge is 0.374 e. The topological polar surface area (TPSA) is 55.6 Å². The number of carbonyl (C=O) groups excluding carboxylic acids is 1. The summed E-state index contributed by atoms with van der Waals surface area (Å²) in [6.07, 6.45) is 3.22. The Labute approximate surface area is 89.7 Å². The molecule has 4 heteroatoms. The van der Waals surface area contributed by atoms with Gasteiger partial charge in [0.25, 0.3) is 0 Å². The normalized spacial score (nSPS) is 44.5. The van der Waals surface area contributed by atoms with Gasteiger partial charge in [-0.05, 0) is 19.8 Å². The Morgan fingerprint density at radius 2 is 1.87 bits per heavy atom. The number of nitrogens with zero attached hydrogens (tertiary/aromatic N) is 1. The Morgan fingerprint density at radius 1 is 1.33 bits per heavy atom. The number of rotatable bonds is 1. The summed E-state index contributed by atoms with van der Waals surface area (Å²) in [6, 6.07) is -0.359. The number of hydrogen-bond acceptors (Lipinski definition) is 3. The Hall–Kier alpha value is -0.610. The van der Waals surface area contributed by atoms with Crippen molar-refractivity contribution < 1.29 is 9.53 Å². The Morgan fingerprint density at radius 3 is 2.33 bits per heavy atom. The molecule has 0 radical (unpaired) electrons. The molecule has 4 nitrogen and oxygen atoms in total. The second kappa shape index (κ2) is 3.19. The first-order chi connectivity index (χ1) is 7.16. The van der Waals surface area contributed by atoms with Crippen molar-refractivity contribution in [3.63, 3.8) is 0 Å². The molecule has 3 fully saturated rings. The molecular formula is C11H18N2O2. The van der Waals surface area contributed by atoms with Crippen molar-refractivity contribution in [3.8, 4) is 0 Å². The predicted octanol–water partition coefficient (Wildman–Crippen LogP) is -0.0306. The van der Waals surface area contributed by atoms with Crippen molar-refractivity contribution >= 4 is 5.91 Å². The van der Waals surface area contributed by atoms with Crippen LogP contribution in [0.3, 0.4) is 0 Å². The van der Waals surface area contributed by atoms with Crippen LogP contribution in [0.4, 0.5) is 0 Å². The van der Waals surface area contributed by atoms with Crippen molar-refractivity contribution in [1.82, 2.24) is 4.90 Å². The highest BCUT2D eigenvalue weighted by molar-refractivity contribution is 5.81. The SMILES string of the molecule is C[C@@H](N)C(=O)N1CC2C3CCC(O3)C2C1. The zero-order chi connectivity index (χ0) is 10.6. The van der Waals surface area contributed by atoms with Crippen molar-refractivity contribution in [2.24, 2.45) is 17.6 Å². The molecule has 3 aliphatic heterocycles. The average molecular weight is 210 g/mol. The van der Waals surface area contributed by atoms with Crippen LogP contribution in [0.5, 0.6) is 0 Å². The van der Waals surface area contributed by atoms with Crippen LogP contribution >= 0.6 is 0 Å². The van der Waals surface area contributed by atoms with E-state index in [4.69, 9.17) is 10.5 Å². The van der Waals surface area contributed by atoms with E-state index in [-0.39, 0.29) is 11.9 Å². The number of ether oxygens (including phenoxy) is 1. The third-order valence-corrected chi connectivity index (χ3v) is 4.15. The Balaban J connectivity index is 1.72. The minimum Gasteiger partial charge on any atom is -0.374 e. The van der Waals surface area contributed by atoms with Gasteiger partial charge < -0.3 is 15.4 Å². The highest BCUT2D eigenvalue weighted by atomic mass is 16.5. The van der Waals surface area contributed by atoms with Crippen molar-refractivity contribution in [2.75, 3.05) is 13.1 Å². The second-order valence-corrected chi connectivity index (χ2v) is 5.15. The van der Waals surface area contributed by atoms with Gasteiger partial charge in [-0.25, -0.2) is 0 Å². The van der Waals surface area contributed by atoms with E-state index in [1.165, 1.54) is 12.8 Å². The fourth-order valence-electron chi connectivity index (χ4n) is 3.43. The molecule has 3 aliphatic rings. The third-order valence-electron chi connectivity index (χ3n) is 4.15. The van der Waals surface area contributed by atoms with Crippen LogP contribution in [0, 0.1) is 11.8 Å². The molecule has 4 unspecified atom stereocenters. The minimum absolute atomic E-state index is 0.101. The number of amides is 1. The molecule has 0 saturated carbocycles. The molecule has 15 heavy (non-hydrogen) atoms. The highest BCUT2D eigenvalue weighted by Gasteiger charge is 2.53. The minimum atomic E-state index is -0.359.